The predicted octanol–water partition coefficient (Wildman–Crippen LogP) is -2.24. The number of hydrogen-bond donors (Lipinski definition) is 0. The van der Waals surface area contributed by atoms with Crippen LogP contribution >= 0.6 is 0 Å². The molecule has 0 bridgehead atoms. The zero-order chi connectivity index (χ0) is 8.69. The van der Waals surface area contributed by atoms with Gasteiger partial charge in [-0.25, -0.2) is 0 Å². The van der Waals surface area contributed by atoms with Crippen LogP contribution in [0.5, 0.6) is 0 Å². The first-order valence-corrected chi connectivity index (χ1v) is 3.32. The van der Waals surface area contributed by atoms with Gasteiger partial charge in [-0.2, -0.15) is 0 Å². The van der Waals surface area contributed by atoms with Crippen LogP contribution in [0.25, 0.3) is 0 Å². The van der Waals surface area contributed by atoms with Crippen molar-refractivity contribution in [2.45, 2.75) is 13.8 Å². The van der Waals surface area contributed by atoms with Crippen molar-refractivity contribution in [2.24, 2.45) is 0 Å². The molecule has 2 nitrogen and oxygen atoms in total. The Morgan fingerprint density at radius 3 is 1.75 bits per heavy atom. The third-order valence-corrected chi connectivity index (χ3v) is 0.940. The Hall–Kier alpha value is -0.310. The molecule has 1 aromatic rings. The summed E-state index contributed by atoms with van der Waals surface area (Å²) in [5.41, 5.74) is 1.32. The van der Waals surface area contributed by atoms with E-state index in [1.807, 2.05) is 18.2 Å². The van der Waals surface area contributed by atoms with Gasteiger partial charge in [-0.05, 0) is 13.8 Å². The number of carbonyl (C=O) groups excluding carboxylic acids is 1. The molecule has 0 unspecified atom stereocenters. The number of carboxylic acid groups (broad SMARTS) is 1. The molecule has 60 valence electrons. The maximum atomic E-state index is 8.89. The van der Waals surface area contributed by atoms with Gasteiger partial charge in [0.1, 0.15) is 0 Å². The molecule has 12 heavy (non-hydrogen) atoms. The van der Waals surface area contributed by atoms with Gasteiger partial charge in [-0.15, -0.1) is 0 Å². The molecule has 0 heterocycles. The van der Waals surface area contributed by atoms with Gasteiger partial charge in [0.2, 0.25) is 0 Å². The maximum Gasteiger partial charge on any atom is 1.00 e. The smallest absolute Gasteiger partial charge is 0.550 e. The van der Waals surface area contributed by atoms with Crippen molar-refractivity contribution < 1.29 is 39.5 Å². The minimum absolute atomic E-state index is 0. The summed E-state index contributed by atoms with van der Waals surface area (Å²) in [6.07, 6.45) is 0. The van der Waals surface area contributed by atoms with Crippen molar-refractivity contribution >= 4 is 5.97 Å². The molecular weight excluding hydrogens is 163 g/mol. The van der Waals surface area contributed by atoms with Crippen molar-refractivity contribution in [2.75, 3.05) is 0 Å². The number of benzene rings is 1. The van der Waals surface area contributed by atoms with Crippen LogP contribution in [0, 0.1) is 6.92 Å². The zero-order valence-electron chi connectivity index (χ0n) is 7.70. The van der Waals surface area contributed by atoms with Gasteiger partial charge < -0.3 is 9.90 Å². The fourth-order valence-electron chi connectivity index (χ4n) is 0.534. The Labute approximate surface area is 94.9 Å². The van der Waals surface area contributed by atoms with E-state index in [4.69, 9.17) is 9.90 Å². The molecule has 0 N–H and O–H groups in total. The predicted molar refractivity (Wildman–Crippen MR) is 41.9 cm³/mol. The molecule has 1 aromatic carbocycles. The van der Waals surface area contributed by atoms with Crippen LogP contribution in [0.15, 0.2) is 30.3 Å². The van der Waals surface area contributed by atoms with Gasteiger partial charge in [-0.3, -0.25) is 0 Å². The Balaban J connectivity index is 0. The number of aryl methyl sites for hydroxylation is 1. The van der Waals surface area contributed by atoms with Gasteiger partial charge in [0.15, 0.2) is 0 Å². The second-order valence-electron chi connectivity index (χ2n) is 2.15. The Bertz CT molecular complexity index is 205. The first-order valence-electron chi connectivity index (χ1n) is 3.32. The average Bonchev–Trinajstić information content (AvgIpc) is 1.87. The summed E-state index contributed by atoms with van der Waals surface area (Å²) < 4.78 is 0. The summed E-state index contributed by atoms with van der Waals surface area (Å²) in [4.78, 5) is 8.89. The molecular formula is C9H11NaO2. The Morgan fingerprint density at radius 2 is 1.58 bits per heavy atom. The number of rotatable bonds is 0. The van der Waals surface area contributed by atoms with E-state index in [0.29, 0.717) is 0 Å². The number of hydrogen-bond acceptors (Lipinski definition) is 2. The third-order valence-electron chi connectivity index (χ3n) is 0.940. The van der Waals surface area contributed by atoms with E-state index >= 15 is 0 Å². The van der Waals surface area contributed by atoms with E-state index < -0.39 is 5.97 Å². The monoisotopic (exact) mass is 174 g/mol. The maximum absolute atomic E-state index is 8.89. The summed E-state index contributed by atoms with van der Waals surface area (Å²) in [6.45, 7) is 3.06. The normalized spacial score (nSPS) is 7.17. The molecule has 0 fully saturated rings. The molecule has 3 heteroatoms. The van der Waals surface area contributed by atoms with Gasteiger partial charge in [0.25, 0.3) is 0 Å². The quantitative estimate of drug-likeness (QED) is 0.417. The van der Waals surface area contributed by atoms with Crippen LogP contribution in [0.4, 0.5) is 0 Å². The molecule has 0 aromatic heterocycles. The van der Waals surface area contributed by atoms with E-state index in [2.05, 4.69) is 19.1 Å². The molecule has 0 atom stereocenters. The van der Waals surface area contributed by atoms with Crippen molar-refractivity contribution in [3.63, 3.8) is 0 Å². The first-order chi connectivity index (χ1) is 5.13. The summed E-state index contributed by atoms with van der Waals surface area (Å²) in [7, 11) is 0. The molecule has 0 spiro atoms. The molecule has 0 amide bonds. The Kier molecular flexibility index (Phi) is 10.4. The summed E-state index contributed by atoms with van der Waals surface area (Å²) in [5.74, 6) is -1.08. The number of aliphatic carboxylic acids is 1. The van der Waals surface area contributed by atoms with Crippen molar-refractivity contribution in [1.82, 2.24) is 0 Å². The van der Waals surface area contributed by atoms with Crippen molar-refractivity contribution in [3.05, 3.63) is 35.9 Å². The molecule has 0 aliphatic carbocycles. The van der Waals surface area contributed by atoms with E-state index in [-0.39, 0.29) is 29.6 Å². The molecule has 0 aliphatic heterocycles. The summed E-state index contributed by atoms with van der Waals surface area (Å²) >= 11 is 0. The molecule has 0 saturated carbocycles. The van der Waals surface area contributed by atoms with Crippen LogP contribution in [0.1, 0.15) is 12.5 Å². The summed E-state index contributed by atoms with van der Waals surface area (Å²) in [6, 6.07) is 10.3. The summed E-state index contributed by atoms with van der Waals surface area (Å²) in [5, 5.41) is 8.89. The minimum atomic E-state index is -1.08. The minimum Gasteiger partial charge on any atom is -0.550 e. The van der Waals surface area contributed by atoms with E-state index in [0.717, 1.165) is 6.92 Å². The van der Waals surface area contributed by atoms with Crippen molar-refractivity contribution in [3.8, 4) is 0 Å². The van der Waals surface area contributed by atoms with Crippen LogP contribution < -0.4 is 34.7 Å². The van der Waals surface area contributed by atoms with Crippen LogP contribution in [0.2, 0.25) is 0 Å². The third kappa shape index (κ3) is 12.4. The van der Waals surface area contributed by atoms with E-state index in [1.165, 1.54) is 5.56 Å². The molecule has 0 radical (unpaired) electrons. The zero-order valence-corrected chi connectivity index (χ0v) is 9.70. The van der Waals surface area contributed by atoms with Gasteiger partial charge in [0, 0.05) is 5.97 Å². The Morgan fingerprint density at radius 1 is 1.25 bits per heavy atom. The largest absolute Gasteiger partial charge is 1.00 e. The second kappa shape index (κ2) is 8.78. The first kappa shape index (κ1) is 14.2. The van der Waals surface area contributed by atoms with Crippen molar-refractivity contribution in [1.29, 1.82) is 0 Å². The van der Waals surface area contributed by atoms with Gasteiger partial charge in [-0.1, -0.05) is 35.9 Å². The fourth-order valence-corrected chi connectivity index (χ4v) is 0.534. The average molecular weight is 174 g/mol. The SMILES string of the molecule is CC(=O)[O-].Cc1ccccc1.[Na+]. The van der Waals surface area contributed by atoms with E-state index in [1.54, 1.807) is 0 Å². The van der Waals surface area contributed by atoms with Crippen LogP contribution in [-0.2, 0) is 4.79 Å². The van der Waals surface area contributed by atoms with Gasteiger partial charge >= 0.3 is 29.6 Å². The molecule has 0 aliphatic rings. The second-order valence-corrected chi connectivity index (χ2v) is 2.15. The number of carbonyl (C=O) groups is 1. The standard InChI is InChI=1S/C7H8.C2H4O2.Na/c1-7-5-3-2-4-6-7;1-2(3)4;/h2-6H,1H3;1H3,(H,3,4);/q;;+1/p-1. The van der Waals surface area contributed by atoms with E-state index in [9.17, 15) is 0 Å². The molecule has 0 saturated heterocycles. The topological polar surface area (TPSA) is 40.1 Å². The van der Waals surface area contributed by atoms with Crippen LogP contribution in [-0.4, -0.2) is 5.97 Å². The van der Waals surface area contributed by atoms with Gasteiger partial charge in [0.05, 0.1) is 0 Å². The fraction of sp³-hybridized carbons (Fsp3) is 0.222. The molecule has 1 rings (SSSR count). The number of carboxylic acids is 1. The van der Waals surface area contributed by atoms with Crippen LogP contribution in [0.3, 0.4) is 0 Å².